The molecule has 3 nitrogen and oxygen atoms in total. The summed E-state index contributed by atoms with van der Waals surface area (Å²) in [6, 6.07) is 7.96. The first-order chi connectivity index (χ1) is 9.56. The molecule has 3 heteroatoms. The van der Waals surface area contributed by atoms with E-state index < -0.39 is 0 Å². The number of rotatable bonds is 6. The molecule has 20 heavy (non-hydrogen) atoms. The molecule has 0 fully saturated rings. The number of carbonyl (C=O) groups is 1. The van der Waals surface area contributed by atoms with Crippen molar-refractivity contribution in [3.63, 3.8) is 0 Å². The van der Waals surface area contributed by atoms with Gasteiger partial charge in [-0.1, -0.05) is 26.7 Å². The van der Waals surface area contributed by atoms with Crippen molar-refractivity contribution in [3.05, 3.63) is 36.0 Å². The number of aromatic amines is 1. The van der Waals surface area contributed by atoms with Gasteiger partial charge < -0.3 is 10.3 Å². The lowest BCUT2D eigenvalue weighted by atomic mass is 10.0. The van der Waals surface area contributed by atoms with Crippen LogP contribution in [0.15, 0.2) is 30.5 Å². The molecule has 1 heterocycles. The molecule has 0 aliphatic heterocycles. The van der Waals surface area contributed by atoms with Crippen molar-refractivity contribution in [1.29, 1.82) is 0 Å². The number of hydrogen-bond donors (Lipinski definition) is 2. The molecule has 1 unspecified atom stereocenters. The second-order valence-electron chi connectivity index (χ2n) is 5.98. The van der Waals surface area contributed by atoms with Crippen LogP contribution in [0.3, 0.4) is 0 Å². The van der Waals surface area contributed by atoms with Gasteiger partial charge in [-0.3, -0.25) is 4.79 Å². The van der Waals surface area contributed by atoms with Crippen LogP contribution in [0, 0.1) is 5.92 Å². The van der Waals surface area contributed by atoms with Gasteiger partial charge >= 0.3 is 0 Å². The first-order valence-corrected chi connectivity index (χ1v) is 7.44. The minimum atomic E-state index is 0.0187. The molecule has 0 saturated carbocycles. The lowest BCUT2D eigenvalue weighted by Crippen LogP contribution is -2.32. The zero-order valence-corrected chi connectivity index (χ0v) is 12.6. The monoisotopic (exact) mass is 272 g/mol. The first kappa shape index (κ1) is 14.6. The van der Waals surface area contributed by atoms with Crippen LogP contribution >= 0.6 is 0 Å². The van der Waals surface area contributed by atoms with Crippen LogP contribution in [0.2, 0.25) is 0 Å². The van der Waals surface area contributed by atoms with Crippen molar-refractivity contribution in [2.75, 3.05) is 0 Å². The van der Waals surface area contributed by atoms with Gasteiger partial charge in [0.05, 0.1) is 0 Å². The molecule has 1 aromatic carbocycles. The highest BCUT2D eigenvalue weighted by Gasteiger charge is 2.10. The summed E-state index contributed by atoms with van der Waals surface area (Å²) in [5, 5.41) is 4.15. The van der Waals surface area contributed by atoms with E-state index in [1.807, 2.05) is 30.5 Å². The van der Waals surface area contributed by atoms with Gasteiger partial charge in [0.15, 0.2) is 0 Å². The second-order valence-corrected chi connectivity index (χ2v) is 5.98. The fourth-order valence-electron chi connectivity index (χ4n) is 2.41. The molecule has 0 saturated heterocycles. The molecule has 108 valence electrons. The molecule has 2 N–H and O–H groups in total. The Balaban J connectivity index is 1.90. The third kappa shape index (κ3) is 3.86. The van der Waals surface area contributed by atoms with Crippen LogP contribution in [-0.4, -0.2) is 16.9 Å². The van der Waals surface area contributed by atoms with E-state index in [9.17, 15) is 4.79 Å². The molecular weight excluding hydrogens is 248 g/mol. The summed E-state index contributed by atoms with van der Waals surface area (Å²) in [7, 11) is 0. The third-order valence-electron chi connectivity index (χ3n) is 3.61. The summed E-state index contributed by atoms with van der Waals surface area (Å²) in [6.07, 6.45) is 5.31. The summed E-state index contributed by atoms with van der Waals surface area (Å²) < 4.78 is 0. The highest BCUT2D eigenvalue weighted by molar-refractivity contribution is 5.98. The minimum absolute atomic E-state index is 0.0187. The summed E-state index contributed by atoms with van der Waals surface area (Å²) in [5.41, 5.74) is 1.79. The van der Waals surface area contributed by atoms with Crippen LogP contribution in [0.4, 0.5) is 0 Å². The lowest BCUT2D eigenvalue weighted by molar-refractivity contribution is 0.0938. The molecular formula is C17H24N2O. The molecule has 2 aromatic rings. The van der Waals surface area contributed by atoms with Gasteiger partial charge in [-0.15, -0.1) is 0 Å². The van der Waals surface area contributed by atoms with E-state index in [-0.39, 0.29) is 11.9 Å². The Labute approximate surface area is 120 Å². The van der Waals surface area contributed by atoms with Gasteiger partial charge in [0, 0.05) is 28.7 Å². The number of carbonyl (C=O) groups excluding carboxylic acids is 1. The number of amides is 1. The maximum atomic E-state index is 12.2. The van der Waals surface area contributed by atoms with E-state index in [4.69, 9.17) is 0 Å². The topological polar surface area (TPSA) is 44.9 Å². The Morgan fingerprint density at radius 2 is 2.00 bits per heavy atom. The van der Waals surface area contributed by atoms with Gasteiger partial charge in [-0.25, -0.2) is 0 Å². The molecule has 0 spiro atoms. The SMILES string of the molecule is CC(C)CCCC(C)NC(=O)c1ccc2[nH]ccc2c1. The molecule has 0 radical (unpaired) electrons. The number of nitrogens with one attached hydrogen (secondary N) is 2. The maximum absolute atomic E-state index is 12.2. The second kappa shape index (κ2) is 6.60. The van der Waals surface area contributed by atoms with E-state index in [2.05, 4.69) is 31.1 Å². The van der Waals surface area contributed by atoms with E-state index in [0.29, 0.717) is 0 Å². The molecule has 1 atom stereocenters. The summed E-state index contributed by atoms with van der Waals surface area (Å²) in [6.45, 7) is 6.54. The van der Waals surface area contributed by atoms with Crippen molar-refractivity contribution in [3.8, 4) is 0 Å². The van der Waals surface area contributed by atoms with E-state index in [1.54, 1.807) is 0 Å². The Morgan fingerprint density at radius 1 is 1.20 bits per heavy atom. The molecule has 2 rings (SSSR count). The quantitative estimate of drug-likeness (QED) is 0.816. The molecule has 1 aromatic heterocycles. The first-order valence-electron chi connectivity index (χ1n) is 7.44. The number of hydrogen-bond acceptors (Lipinski definition) is 1. The van der Waals surface area contributed by atoms with Crippen molar-refractivity contribution in [2.45, 2.75) is 46.1 Å². The lowest BCUT2D eigenvalue weighted by Gasteiger charge is -2.14. The van der Waals surface area contributed by atoms with Gasteiger partial charge in [-0.2, -0.15) is 0 Å². The number of aromatic nitrogens is 1. The van der Waals surface area contributed by atoms with Crippen LogP contribution in [0.1, 0.15) is 50.4 Å². The molecule has 0 bridgehead atoms. The van der Waals surface area contributed by atoms with Gasteiger partial charge in [0.2, 0.25) is 0 Å². The van der Waals surface area contributed by atoms with Crippen molar-refractivity contribution < 1.29 is 4.79 Å². The van der Waals surface area contributed by atoms with Gasteiger partial charge in [-0.05, 0) is 43.5 Å². The fourth-order valence-corrected chi connectivity index (χ4v) is 2.41. The third-order valence-corrected chi connectivity index (χ3v) is 3.61. The van der Waals surface area contributed by atoms with Crippen molar-refractivity contribution in [2.24, 2.45) is 5.92 Å². The van der Waals surface area contributed by atoms with Crippen molar-refractivity contribution in [1.82, 2.24) is 10.3 Å². The number of benzene rings is 1. The minimum Gasteiger partial charge on any atom is -0.361 e. The largest absolute Gasteiger partial charge is 0.361 e. The average molecular weight is 272 g/mol. The summed E-state index contributed by atoms with van der Waals surface area (Å²) in [4.78, 5) is 15.3. The van der Waals surface area contributed by atoms with E-state index in [0.717, 1.165) is 35.2 Å². The van der Waals surface area contributed by atoms with Crippen LogP contribution < -0.4 is 5.32 Å². The smallest absolute Gasteiger partial charge is 0.251 e. The van der Waals surface area contributed by atoms with Crippen LogP contribution in [0.5, 0.6) is 0 Å². The van der Waals surface area contributed by atoms with Gasteiger partial charge in [0.25, 0.3) is 5.91 Å². The fraction of sp³-hybridized carbons (Fsp3) is 0.471. The zero-order chi connectivity index (χ0) is 14.5. The normalized spacial score (nSPS) is 12.8. The Bertz CT molecular complexity index is 571. The standard InChI is InChI=1S/C17H24N2O/c1-12(2)5-4-6-13(3)19-17(20)15-7-8-16-14(11-15)9-10-18-16/h7-13,18H,4-6H2,1-3H3,(H,19,20). The molecule has 0 aliphatic carbocycles. The maximum Gasteiger partial charge on any atom is 0.251 e. The summed E-state index contributed by atoms with van der Waals surface area (Å²) >= 11 is 0. The molecule has 0 aliphatic rings. The highest BCUT2D eigenvalue weighted by Crippen LogP contribution is 2.15. The Morgan fingerprint density at radius 3 is 2.75 bits per heavy atom. The van der Waals surface area contributed by atoms with E-state index in [1.165, 1.54) is 6.42 Å². The number of H-pyrrole nitrogens is 1. The number of fused-ring (bicyclic) bond motifs is 1. The zero-order valence-electron chi connectivity index (χ0n) is 12.6. The predicted octanol–water partition coefficient (Wildman–Crippen LogP) is 4.11. The average Bonchev–Trinajstić information content (AvgIpc) is 2.85. The van der Waals surface area contributed by atoms with Crippen LogP contribution in [-0.2, 0) is 0 Å². The van der Waals surface area contributed by atoms with Gasteiger partial charge in [0.1, 0.15) is 0 Å². The van der Waals surface area contributed by atoms with Crippen molar-refractivity contribution >= 4 is 16.8 Å². The highest BCUT2D eigenvalue weighted by atomic mass is 16.1. The Hall–Kier alpha value is -1.77. The van der Waals surface area contributed by atoms with Crippen LogP contribution in [0.25, 0.3) is 10.9 Å². The predicted molar refractivity (Wildman–Crippen MR) is 83.9 cm³/mol. The Kier molecular flexibility index (Phi) is 4.83. The summed E-state index contributed by atoms with van der Waals surface area (Å²) in [5.74, 6) is 0.749. The molecule has 1 amide bonds. The van der Waals surface area contributed by atoms with E-state index >= 15 is 0 Å².